The van der Waals surface area contributed by atoms with E-state index in [-0.39, 0.29) is 0 Å². The molecule has 4 rings (SSSR count). The summed E-state index contributed by atoms with van der Waals surface area (Å²) in [5.41, 5.74) is 4.85. The lowest BCUT2D eigenvalue weighted by Crippen LogP contribution is -2.25. The van der Waals surface area contributed by atoms with Crippen molar-refractivity contribution in [3.63, 3.8) is 0 Å². The molecule has 0 saturated heterocycles. The molecule has 2 heterocycles. The maximum absolute atomic E-state index is 5.71. The largest absolute Gasteiger partial charge is 0.456 e. The van der Waals surface area contributed by atoms with Gasteiger partial charge in [0.05, 0.1) is 12.8 Å². The first-order chi connectivity index (χ1) is 14.1. The van der Waals surface area contributed by atoms with Crippen LogP contribution < -0.4 is 0 Å². The third-order valence-electron chi connectivity index (χ3n) is 4.62. The van der Waals surface area contributed by atoms with Crippen molar-refractivity contribution in [1.29, 1.82) is 0 Å². The third kappa shape index (κ3) is 5.48. The number of ether oxygens (including phenoxy) is 3. The molecule has 0 spiro atoms. The maximum Gasteiger partial charge on any atom is 0.212 e. The monoisotopic (exact) mass is 394 g/mol. The van der Waals surface area contributed by atoms with Crippen molar-refractivity contribution in [2.24, 2.45) is 10.2 Å². The zero-order chi connectivity index (χ0) is 20.1. The van der Waals surface area contributed by atoms with Crippen LogP contribution in [-0.2, 0) is 27.1 Å². The minimum Gasteiger partial charge on any atom is -0.456 e. The second-order valence-corrected chi connectivity index (χ2v) is 7.34. The predicted molar refractivity (Wildman–Crippen MR) is 111 cm³/mol. The molecule has 0 radical (unpaired) electrons. The third-order valence-corrected chi connectivity index (χ3v) is 4.62. The molecule has 0 unspecified atom stereocenters. The highest BCUT2D eigenvalue weighted by atomic mass is 16.6. The molecule has 0 atom stereocenters. The summed E-state index contributed by atoms with van der Waals surface area (Å²) in [5, 5.41) is 12.5. The zero-order valence-electron chi connectivity index (χ0n) is 16.9. The summed E-state index contributed by atoms with van der Waals surface area (Å²) in [5.74, 6) is 1.42. The Morgan fingerprint density at radius 1 is 0.793 bits per heavy atom. The summed E-state index contributed by atoms with van der Waals surface area (Å²) in [4.78, 5) is 0. The average Bonchev–Trinajstić information content (AvgIpc) is 3.31. The SMILES string of the molecule is Cc1cccc(CC2=NN(COCN3COC(Cc4cccc(C)c4)=N3)CO2)c1. The van der Waals surface area contributed by atoms with E-state index in [1.807, 2.05) is 12.1 Å². The van der Waals surface area contributed by atoms with E-state index in [4.69, 9.17) is 14.2 Å². The Morgan fingerprint density at radius 3 is 1.72 bits per heavy atom. The molecule has 0 N–H and O–H groups in total. The zero-order valence-corrected chi connectivity index (χ0v) is 16.9. The summed E-state index contributed by atoms with van der Waals surface area (Å²) in [6.07, 6.45) is 1.37. The van der Waals surface area contributed by atoms with Crippen molar-refractivity contribution in [3.05, 3.63) is 70.8 Å². The summed E-state index contributed by atoms with van der Waals surface area (Å²) >= 11 is 0. The molecule has 2 aromatic carbocycles. The number of rotatable bonds is 8. The fourth-order valence-corrected chi connectivity index (χ4v) is 3.28. The highest BCUT2D eigenvalue weighted by Crippen LogP contribution is 2.13. The first-order valence-electron chi connectivity index (χ1n) is 9.73. The molecule has 2 aliphatic heterocycles. The van der Waals surface area contributed by atoms with Gasteiger partial charge in [0.15, 0.2) is 13.5 Å². The van der Waals surface area contributed by atoms with Gasteiger partial charge in [-0.3, -0.25) is 0 Å². The first kappa shape index (κ1) is 19.3. The summed E-state index contributed by atoms with van der Waals surface area (Å²) in [6.45, 7) is 5.65. The minimum atomic E-state index is 0.344. The van der Waals surface area contributed by atoms with Crippen molar-refractivity contribution in [2.45, 2.75) is 26.7 Å². The standard InChI is InChI=1S/C22H26N4O3/c1-17-5-3-7-19(9-17)11-21-23-25(15-28-21)13-27-14-26-16-29-22(24-26)12-20-8-4-6-18(2)10-20/h3-10H,11-16H2,1-2H3. The van der Waals surface area contributed by atoms with Crippen LogP contribution in [0.15, 0.2) is 58.7 Å². The summed E-state index contributed by atoms with van der Waals surface area (Å²) < 4.78 is 17.0. The van der Waals surface area contributed by atoms with Crippen molar-refractivity contribution < 1.29 is 14.2 Å². The van der Waals surface area contributed by atoms with E-state index in [1.54, 1.807) is 10.0 Å². The van der Waals surface area contributed by atoms with E-state index in [0.29, 0.717) is 51.6 Å². The Balaban J connectivity index is 1.20. The van der Waals surface area contributed by atoms with E-state index < -0.39 is 0 Å². The van der Waals surface area contributed by atoms with Gasteiger partial charge in [0.2, 0.25) is 11.8 Å². The predicted octanol–water partition coefficient (Wildman–Crippen LogP) is 3.23. The molecular formula is C22H26N4O3. The van der Waals surface area contributed by atoms with Crippen LogP contribution in [-0.4, -0.2) is 48.7 Å². The molecule has 0 saturated carbocycles. The normalized spacial score (nSPS) is 15.8. The van der Waals surface area contributed by atoms with Crippen LogP contribution in [0.5, 0.6) is 0 Å². The van der Waals surface area contributed by atoms with Crippen molar-refractivity contribution in [2.75, 3.05) is 26.9 Å². The van der Waals surface area contributed by atoms with Gasteiger partial charge in [-0.15, -0.1) is 10.2 Å². The van der Waals surface area contributed by atoms with Gasteiger partial charge in [-0.25, -0.2) is 10.0 Å². The number of hydrogen-bond donors (Lipinski definition) is 0. The Bertz CT molecular complexity index is 839. The van der Waals surface area contributed by atoms with Crippen LogP contribution in [0.2, 0.25) is 0 Å². The molecule has 7 heteroatoms. The summed E-state index contributed by atoms with van der Waals surface area (Å²) in [6, 6.07) is 16.7. The molecule has 0 aliphatic carbocycles. The Labute approximate surface area is 171 Å². The van der Waals surface area contributed by atoms with Crippen LogP contribution in [0.3, 0.4) is 0 Å². The smallest absolute Gasteiger partial charge is 0.212 e. The molecule has 0 bridgehead atoms. The van der Waals surface area contributed by atoms with Crippen molar-refractivity contribution >= 4 is 11.8 Å². The molecule has 29 heavy (non-hydrogen) atoms. The minimum absolute atomic E-state index is 0.344. The van der Waals surface area contributed by atoms with Gasteiger partial charge in [0.1, 0.15) is 13.5 Å². The Morgan fingerprint density at radius 2 is 1.28 bits per heavy atom. The Kier molecular flexibility index (Phi) is 5.95. The lowest BCUT2D eigenvalue weighted by Gasteiger charge is -2.15. The van der Waals surface area contributed by atoms with Gasteiger partial charge in [0.25, 0.3) is 0 Å². The first-order valence-corrected chi connectivity index (χ1v) is 9.73. The molecule has 0 amide bonds. The van der Waals surface area contributed by atoms with Gasteiger partial charge in [-0.1, -0.05) is 59.7 Å². The van der Waals surface area contributed by atoms with Crippen molar-refractivity contribution in [3.8, 4) is 0 Å². The number of aryl methyl sites for hydroxylation is 2. The molecule has 2 aromatic rings. The molecule has 0 fully saturated rings. The average molecular weight is 394 g/mol. The fourth-order valence-electron chi connectivity index (χ4n) is 3.28. The lowest BCUT2D eigenvalue weighted by atomic mass is 10.1. The quantitative estimate of drug-likeness (QED) is 0.688. The van der Waals surface area contributed by atoms with Crippen LogP contribution in [0.4, 0.5) is 0 Å². The molecule has 2 aliphatic rings. The van der Waals surface area contributed by atoms with Gasteiger partial charge < -0.3 is 14.2 Å². The van der Waals surface area contributed by atoms with E-state index in [1.165, 1.54) is 22.3 Å². The number of benzene rings is 2. The van der Waals surface area contributed by atoms with Crippen LogP contribution in [0.25, 0.3) is 0 Å². The van der Waals surface area contributed by atoms with Gasteiger partial charge in [-0.2, -0.15) is 0 Å². The Hall–Kier alpha value is -3.06. The van der Waals surface area contributed by atoms with E-state index in [2.05, 4.69) is 60.4 Å². The highest BCUT2D eigenvalue weighted by Gasteiger charge is 2.18. The van der Waals surface area contributed by atoms with Gasteiger partial charge in [-0.05, 0) is 25.0 Å². The lowest BCUT2D eigenvalue weighted by molar-refractivity contribution is -0.0503. The number of nitrogens with zero attached hydrogens (tertiary/aromatic N) is 4. The van der Waals surface area contributed by atoms with Crippen molar-refractivity contribution in [1.82, 2.24) is 10.0 Å². The molecule has 152 valence electrons. The van der Waals surface area contributed by atoms with Gasteiger partial charge in [0, 0.05) is 0 Å². The second kappa shape index (κ2) is 8.96. The van der Waals surface area contributed by atoms with E-state index >= 15 is 0 Å². The molecule has 7 nitrogen and oxygen atoms in total. The van der Waals surface area contributed by atoms with E-state index in [0.717, 1.165) is 0 Å². The fraction of sp³-hybridized carbons (Fsp3) is 0.364. The molecule has 0 aromatic heterocycles. The van der Waals surface area contributed by atoms with Crippen LogP contribution >= 0.6 is 0 Å². The van der Waals surface area contributed by atoms with E-state index in [9.17, 15) is 0 Å². The second-order valence-electron chi connectivity index (χ2n) is 7.34. The van der Waals surface area contributed by atoms with Crippen LogP contribution in [0, 0.1) is 13.8 Å². The number of hydrazone groups is 2. The van der Waals surface area contributed by atoms with Gasteiger partial charge >= 0.3 is 0 Å². The maximum atomic E-state index is 5.71. The number of hydrogen-bond acceptors (Lipinski definition) is 7. The molecular weight excluding hydrogens is 368 g/mol. The summed E-state index contributed by atoms with van der Waals surface area (Å²) in [7, 11) is 0. The topological polar surface area (TPSA) is 58.9 Å². The highest BCUT2D eigenvalue weighted by molar-refractivity contribution is 5.79. The van der Waals surface area contributed by atoms with Crippen LogP contribution in [0.1, 0.15) is 22.3 Å².